The van der Waals surface area contributed by atoms with Crippen molar-refractivity contribution in [3.63, 3.8) is 0 Å². The van der Waals surface area contributed by atoms with E-state index in [-0.39, 0.29) is 30.2 Å². The average molecular weight is 482 g/mol. The number of Topliss-reactive ketones (excluding diaryl/α,β-unsaturated/α-hetero) is 1. The molecular formula is C25H20F2N2O6. The quantitative estimate of drug-likeness (QED) is 0.493. The van der Waals surface area contributed by atoms with Crippen molar-refractivity contribution in [1.29, 1.82) is 0 Å². The molecule has 0 atom stereocenters. The monoisotopic (exact) mass is 482 g/mol. The molecule has 0 saturated carbocycles. The predicted octanol–water partition coefficient (Wildman–Crippen LogP) is 3.60. The standard InChI is InChI=1S/C25H20F2N2O6/c1-33-18-6-4-17(5-7-18)28-24(31)12-29-20-10-15(2-8-23(20)35-14-25(29)32)21(30)13-34-22-9-3-16(26)11-19(22)27/h2-11H,12-14H2,1H3,(H,28,31). The molecule has 0 bridgehead atoms. The highest BCUT2D eigenvalue weighted by Gasteiger charge is 2.28. The third-order valence-electron chi connectivity index (χ3n) is 5.15. The van der Waals surface area contributed by atoms with E-state index in [4.69, 9.17) is 14.2 Å². The van der Waals surface area contributed by atoms with Crippen molar-refractivity contribution < 1.29 is 37.4 Å². The van der Waals surface area contributed by atoms with Crippen molar-refractivity contribution in [1.82, 2.24) is 0 Å². The number of carbonyl (C=O) groups is 3. The summed E-state index contributed by atoms with van der Waals surface area (Å²) in [5.74, 6) is -2.45. The van der Waals surface area contributed by atoms with Gasteiger partial charge in [0, 0.05) is 17.3 Å². The van der Waals surface area contributed by atoms with Crippen LogP contribution in [0.25, 0.3) is 0 Å². The van der Waals surface area contributed by atoms with Gasteiger partial charge in [0.2, 0.25) is 5.91 Å². The predicted molar refractivity (Wildman–Crippen MR) is 122 cm³/mol. The molecule has 3 aromatic rings. The largest absolute Gasteiger partial charge is 0.497 e. The van der Waals surface area contributed by atoms with E-state index in [9.17, 15) is 23.2 Å². The number of nitrogens with zero attached hydrogens (tertiary/aromatic N) is 1. The Morgan fingerprint density at radius 3 is 2.54 bits per heavy atom. The summed E-state index contributed by atoms with van der Waals surface area (Å²) in [4.78, 5) is 39.0. The van der Waals surface area contributed by atoms with Crippen molar-refractivity contribution in [3.05, 3.63) is 77.9 Å². The number of carbonyl (C=O) groups excluding carboxylic acids is 3. The molecule has 3 aromatic carbocycles. The molecule has 0 radical (unpaired) electrons. The Hall–Kier alpha value is -4.47. The van der Waals surface area contributed by atoms with E-state index in [0.717, 1.165) is 12.1 Å². The number of rotatable bonds is 8. The zero-order valence-corrected chi connectivity index (χ0v) is 18.5. The first-order chi connectivity index (χ1) is 16.8. The number of ether oxygens (including phenoxy) is 3. The highest BCUT2D eigenvalue weighted by Crippen LogP contribution is 2.33. The molecule has 180 valence electrons. The van der Waals surface area contributed by atoms with E-state index in [1.807, 2.05) is 0 Å². The smallest absolute Gasteiger partial charge is 0.265 e. The molecule has 0 aliphatic carbocycles. The van der Waals surface area contributed by atoms with E-state index in [2.05, 4.69) is 5.32 Å². The lowest BCUT2D eigenvalue weighted by Gasteiger charge is -2.29. The maximum Gasteiger partial charge on any atom is 0.265 e. The zero-order valence-electron chi connectivity index (χ0n) is 18.5. The summed E-state index contributed by atoms with van der Waals surface area (Å²) in [6, 6.07) is 13.8. The molecule has 35 heavy (non-hydrogen) atoms. The molecule has 0 unspecified atom stereocenters. The second-order valence-corrected chi connectivity index (χ2v) is 7.51. The minimum Gasteiger partial charge on any atom is -0.497 e. The summed E-state index contributed by atoms with van der Waals surface area (Å²) in [5.41, 5.74) is 0.918. The van der Waals surface area contributed by atoms with Crippen LogP contribution in [0.5, 0.6) is 17.2 Å². The average Bonchev–Trinajstić information content (AvgIpc) is 2.85. The lowest BCUT2D eigenvalue weighted by atomic mass is 10.1. The van der Waals surface area contributed by atoms with Crippen molar-refractivity contribution in [2.24, 2.45) is 0 Å². The van der Waals surface area contributed by atoms with Gasteiger partial charge >= 0.3 is 0 Å². The summed E-state index contributed by atoms with van der Waals surface area (Å²) in [7, 11) is 1.53. The van der Waals surface area contributed by atoms with E-state index in [0.29, 0.717) is 23.3 Å². The summed E-state index contributed by atoms with van der Waals surface area (Å²) in [6.45, 7) is -1.09. The van der Waals surface area contributed by atoms with Crippen LogP contribution in [0.1, 0.15) is 10.4 Å². The maximum atomic E-state index is 13.8. The van der Waals surface area contributed by atoms with Gasteiger partial charge in [0.1, 0.15) is 23.9 Å². The lowest BCUT2D eigenvalue weighted by molar-refractivity contribution is -0.123. The third kappa shape index (κ3) is 5.55. The number of benzene rings is 3. The van der Waals surface area contributed by atoms with Gasteiger partial charge < -0.3 is 19.5 Å². The molecule has 4 rings (SSSR count). The Morgan fingerprint density at radius 1 is 1.06 bits per heavy atom. The Labute approximate surface area is 199 Å². The second kappa shape index (κ2) is 10.2. The maximum absolute atomic E-state index is 13.8. The van der Waals surface area contributed by atoms with Gasteiger partial charge in [-0.1, -0.05) is 0 Å². The molecular weight excluding hydrogens is 462 g/mol. The summed E-state index contributed by atoms with van der Waals surface area (Å²) < 4.78 is 42.5. The molecule has 0 saturated heterocycles. The van der Waals surface area contributed by atoms with E-state index >= 15 is 0 Å². The minimum absolute atomic E-state index is 0.158. The number of methoxy groups -OCH3 is 1. The fourth-order valence-corrected chi connectivity index (χ4v) is 3.39. The van der Waals surface area contributed by atoms with Gasteiger partial charge in [-0.3, -0.25) is 19.3 Å². The van der Waals surface area contributed by atoms with Gasteiger partial charge in [-0.2, -0.15) is 0 Å². The fraction of sp³-hybridized carbons (Fsp3) is 0.160. The summed E-state index contributed by atoms with van der Waals surface area (Å²) >= 11 is 0. The van der Waals surface area contributed by atoms with Crippen molar-refractivity contribution in [2.45, 2.75) is 0 Å². The van der Waals surface area contributed by atoms with Crippen molar-refractivity contribution in [3.8, 4) is 17.2 Å². The number of ketones is 1. The highest BCUT2D eigenvalue weighted by molar-refractivity contribution is 6.06. The topological polar surface area (TPSA) is 94.2 Å². The molecule has 1 aliphatic rings. The number of nitrogens with one attached hydrogen (secondary N) is 1. The van der Waals surface area contributed by atoms with Crippen LogP contribution in [-0.4, -0.2) is 44.5 Å². The van der Waals surface area contributed by atoms with Crippen molar-refractivity contribution in [2.75, 3.05) is 37.1 Å². The molecule has 0 aromatic heterocycles. The Morgan fingerprint density at radius 2 is 1.83 bits per heavy atom. The van der Waals surface area contributed by atoms with Gasteiger partial charge in [0.15, 0.2) is 30.6 Å². The Bertz CT molecular complexity index is 1280. The SMILES string of the molecule is COc1ccc(NC(=O)CN2C(=O)COc3ccc(C(=O)COc4ccc(F)cc4F)cc32)cc1. The first-order valence-electron chi connectivity index (χ1n) is 10.5. The summed E-state index contributed by atoms with van der Waals surface area (Å²) in [6.07, 6.45) is 0. The van der Waals surface area contributed by atoms with Gasteiger partial charge in [-0.05, 0) is 54.6 Å². The Kier molecular flexibility index (Phi) is 6.91. The van der Waals surface area contributed by atoms with E-state index < -0.39 is 35.8 Å². The van der Waals surface area contributed by atoms with Crippen LogP contribution in [0.2, 0.25) is 0 Å². The summed E-state index contributed by atoms with van der Waals surface area (Å²) in [5, 5.41) is 2.70. The lowest BCUT2D eigenvalue weighted by Crippen LogP contribution is -2.43. The van der Waals surface area contributed by atoms with E-state index in [1.54, 1.807) is 24.3 Å². The van der Waals surface area contributed by atoms with E-state index in [1.165, 1.54) is 30.2 Å². The number of hydrogen-bond donors (Lipinski definition) is 1. The molecule has 1 heterocycles. The van der Waals surface area contributed by atoms with Gasteiger partial charge in [-0.15, -0.1) is 0 Å². The molecule has 10 heteroatoms. The number of anilines is 2. The molecule has 1 aliphatic heterocycles. The third-order valence-corrected chi connectivity index (χ3v) is 5.15. The van der Waals surface area contributed by atoms with Crippen LogP contribution in [0, 0.1) is 11.6 Å². The van der Waals surface area contributed by atoms with Crippen LogP contribution in [0.4, 0.5) is 20.2 Å². The molecule has 1 N–H and O–H groups in total. The molecule has 2 amide bonds. The Balaban J connectivity index is 1.47. The zero-order chi connectivity index (χ0) is 24.9. The fourth-order valence-electron chi connectivity index (χ4n) is 3.39. The van der Waals surface area contributed by atoms with Crippen LogP contribution < -0.4 is 24.4 Å². The number of fused-ring (bicyclic) bond motifs is 1. The number of halogens is 2. The number of hydrogen-bond acceptors (Lipinski definition) is 6. The molecule has 0 fully saturated rings. The highest BCUT2D eigenvalue weighted by atomic mass is 19.1. The first kappa shape index (κ1) is 23.7. The van der Waals surface area contributed by atoms with Gasteiger partial charge in [-0.25, -0.2) is 8.78 Å². The van der Waals surface area contributed by atoms with Gasteiger partial charge in [0.05, 0.1) is 12.8 Å². The first-order valence-corrected chi connectivity index (χ1v) is 10.5. The van der Waals surface area contributed by atoms with Gasteiger partial charge in [0.25, 0.3) is 5.91 Å². The van der Waals surface area contributed by atoms with Crippen LogP contribution in [0.15, 0.2) is 60.7 Å². The van der Waals surface area contributed by atoms with Crippen LogP contribution >= 0.6 is 0 Å². The second-order valence-electron chi connectivity index (χ2n) is 7.51. The normalized spacial score (nSPS) is 12.4. The van der Waals surface area contributed by atoms with Crippen LogP contribution in [-0.2, 0) is 9.59 Å². The van der Waals surface area contributed by atoms with Crippen LogP contribution in [0.3, 0.4) is 0 Å². The molecule has 0 spiro atoms. The minimum atomic E-state index is -0.934. The van der Waals surface area contributed by atoms with Crippen molar-refractivity contribution >= 4 is 29.0 Å². The number of amides is 2. The molecule has 8 nitrogen and oxygen atoms in total.